The minimum atomic E-state index is 0.640. The SMILES string of the molecule is C=C/C=C\c1c(C)n(-c2ccccc2)c2c1c1ccccc1c1c3ccccc3n(-c3nc(-c4ccc5ccccc5c4)c4ccccc4n3)c12. The van der Waals surface area contributed by atoms with E-state index in [9.17, 15) is 0 Å². The highest BCUT2D eigenvalue weighted by Gasteiger charge is 2.26. The van der Waals surface area contributed by atoms with Gasteiger partial charge in [0.25, 0.3) is 0 Å². The molecule has 0 bridgehead atoms. The molecule has 0 amide bonds. The molecular formula is C47H32N4. The highest BCUT2D eigenvalue weighted by molar-refractivity contribution is 6.33. The molecule has 7 aromatic carbocycles. The summed E-state index contributed by atoms with van der Waals surface area (Å²) in [6.45, 7) is 6.22. The van der Waals surface area contributed by atoms with Crippen LogP contribution in [0.15, 0.2) is 164 Å². The molecule has 3 aromatic heterocycles. The third kappa shape index (κ3) is 4.33. The van der Waals surface area contributed by atoms with Crippen LogP contribution in [-0.4, -0.2) is 19.1 Å². The van der Waals surface area contributed by atoms with Gasteiger partial charge in [0.05, 0.1) is 27.8 Å². The zero-order valence-electron chi connectivity index (χ0n) is 28.1. The summed E-state index contributed by atoms with van der Waals surface area (Å²) in [5.41, 5.74) is 9.55. The lowest BCUT2D eigenvalue weighted by atomic mass is 9.97. The summed E-state index contributed by atoms with van der Waals surface area (Å²) in [6, 6.07) is 51.6. The van der Waals surface area contributed by atoms with E-state index < -0.39 is 0 Å². The van der Waals surface area contributed by atoms with Crippen molar-refractivity contribution in [3.8, 4) is 22.9 Å². The van der Waals surface area contributed by atoms with E-state index in [4.69, 9.17) is 9.97 Å². The van der Waals surface area contributed by atoms with Crippen molar-refractivity contribution in [3.05, 3.63) is 176 Å². The van der Waals surface area contributed by atoms with Gasteiger partial charge in [-0.15, -0.1) is 0 Å². The number of nitrogens with zero attached hydrogens (tertiary/aromatic N) is 4. The van der Waals surface area contributed by atoms with E-state index in [0.29, 0.717) is 5.95 Å². The third-order valence-electron chi connectivity index (χ3n) is 10.2. The number of aromatic nitrogens is 4. The van der Waals surface area contributed by atoms with Gasteiger partial charge in [0.2, 0.25) is 5.95 Å². The normalized spacial score (nSPS) is 12.0. The molecule has 0 saturated carbocycles. The molecule has 0 N–H and O–H groups in total. The summed E-state index contributed by atoms with van der Waals surface area (Å²) in [5, 5.41) is 9.35. The van der Waals surface area contributed by atoms with E-state index in [1.807, 2.05) is 12.2 Å². The molecule has 240 valence electrons. The molecule has 10 aromatic rings. The number of benzene rings is 7. The maximum absolute atomic E-state index is 5.50. The van der Waals surface area contributed by atoms with Crippen molar-refractivity contribution in [1.29, 1.82) is 0 Å². The molecule has 0 saturated heterocycles. The first-order chi connectivity index (χ1) is 25.2. The fraction of sp³-hybridized carbons (Fsp3) is 0.0213. The van der Waals surface area contributed by atoms with Crippen molar-refractivity contribution in [2.45, 2.75) is 6.92 Å². The predicted molar refractivity (Wildman–Crippen MR) is 215 cm³/mol. The van der Waals surface area contributed by atoms with Crippen molar-refractivity contribution >= 4 is 71.2 Å². The second kappa shape index (κ2) is 11.4. The van der Waals surface area contributed by atoms with Crippen molar-refractivity contribution in [3.63, 3.8) is 0 Å². The Balaban J connectivity index is 1.43. The largest absolute Gasteiger partial charge is 0.311 e. The van der Waals surface area contributed by atoms with E-state index in [-0.39, 0.29) is 0 Å². The van der Waals surface area contributed by atoms with Gasteiger partial charge < -0.3 is 4.57 Å². The molecule has 0 radical (unpaired) electrons. The molecule has 3 heterocycles. The second-order valence-corrected chi connectivity index (χ2v) is 13.1. The van der Waals surface area contributed by atoms with Gasteiger partial charge >= 0.3 is 0 Å². The molecule has 0 aliphatic rings. The molecule has 51 heavy (non-hydrogen) atoms. The standard InChI is InChI=1S/C47H32N4/c1-3-4-20-35-30(2)50(34-18-6-5-7-19-34)45-42(35)36-21-10-11-22-37(36)43-39-24-13-15-26-41(39)51(46(43)45)47-48-40-25-14-12-23-38(40)44(49-47)33-28-27-31-16-8-9-17-32(31)29-33/h3-29H,1H2,2H3/b20-4-. The van der Waals surface area contributed by atoms with Crippen LogP contribution in [0.2, 0.25) is 0 Å². The van der Waals surface area contributed by atoms with E-state index in [0.717, 1.165) is 55.5 Å². The summed E-state index contributed by atoms with van der Waals surface area (Å²) in [7, 11) is 0. The highest BCUT2D eigenvalue weighted by atomic mass is 15.2. The van der Waals surface area contributed by atoms with Gasteiger partial charge in [-0.05, 0) is 58.8 Å². The van der Waals surface area contributed by atoms with Gasteiger partial charge in [-0.2, -0.15) is 0 Å². The van der Waals surface area contributed by atoms with Crippen LogP contribution in [0, 0.1) is 6.92 Å². The van der Waals surface area contributed by atoms with Gasteiger partial charge in [-0.3, -0.25) is 4.57 Å². The van der Waals surface area contributed by atoms with E-state index in [1.165, 1.54) is 37.9 Å². The Morgan fingerprint density at radius 2 is 1.22 bits per heavy atom. The first-order valence-electron chi connectivity index (χ1n) is 17.3. The van der Waals surface area contributed by atoms with Crippen molar-refractivity contribution in [2.75, 3.05) is 0 Å². The molecule has 0 atom stereocenters. The van der Waals surface area contributed by atoms with Gasteiger partial charge in [-0.25, -0.2) is 9.97 Å². The summed E-state index contributed by atoms with van der Waals surface area (Å²) in [5.74, 6) is 0.640. The smallest absolute Gasteiger partial charge is 0.235 e. The second-order valence-electron chi connectivity index (χ2n) is 13.1. The molecule has 0 aliphatic carbocycles. The van der Waals surface area contributed by atoms with Crippen LogP contribution < -0.4 is 0 Å². The van der Waals surface area contributed by atoms with Crippen LogP contribution in [0.4, 0.5) is 0 Å². The Morgan fingerprint density at radius 1 is 0.569 bits per heavy atom. The number of allylic oxidation sites excluding steroid dienone is 2. The molecule has 0 unspecified atom stereocenters. The average Bonchev–Trinajstić information content (AvgIpc) is 3.69. The minimum absolute atomic E-state index is 0.640. The summed E-state index contributed by atoms with van der Waals surface area (Å²) < 4.78 is 4.71. The predicted octanol–water partition coefficient (Wildman–Crippen LogP) is 12.2. The van der Waals surface area contributed by atoms with Crippen LogP contribution in [0.25, 0.3) is 94.1 Å². The molecule has 0 aliphatic heterocycles. The lowest BCUT2D eigenvalue weighted by molar-refractivity contribution is 1.01. The number of hydrogen-bond acceptors (Lipinski definition) is 2. The van der Waals surface area contributed by atoms with Crippen LogP contribution in [0.3, 0.4) is 0 Å². The first kappa shape index (κ1) is 29.2. The van der Waals surface area contributed by atoms with E-state index in [2.05, 4.69) is 174 Å². The topological polar surface area (TPSA) is 35.6 Å². The van der Waals surface area contributed by atoms with Crippen LogP contribution in [0.5, 0.6) is 0 Å². The number of para-hydroxylation sites is 3. The van der Waals surface area contributed by atoms with Gasteiger partial charge in [0.1, 0.15) is 0 Å². The summed E-state index contributed by atoms with van der Waals surface area (Å²) >= 11 is 0. The van der Waals surface area contributed by atoms with Gasteiger partial charge in [0, 0.05) is 44.1 Å². The maximum Gasteiger partial charge on any atom is 0.235 e. The van der Waals surface area contributed by atoms with Crippen LogP contribution >= 0.6 is 0 Å². The Morgan fingerprint density at radius 3 is 2.02 bits per heavy atom. The van der Waals surface area contributed by atoms with E-state index in [1.54, 1.807) is 0 Å². The zero-order valence-corrected chi connectivity index (χ0v) is 28.1. The van der Waals surface area contributed by atoms with Crippen molar-refractivity contribution < 1.29 is 0 Å². The quantitative estimate of drug-likeness (QED) is 0.173. The maximum atomic E-state index is 5.50. The van der Waals surface area contributed by atoms with Gasteiger partial charge in [-0.1, -0.05) is 140 Å². The first-order valence-corrected chi connectivity index (χ1v) is 17.3. The van der Waals surface area contributed by atoms with Crippen molar-refractivity contribution in [2.24, 2.45) is 0 Å². The fourth-order valence-corrected chi connectivity index (χ4v) is 8.06. The molecule has 4 nitrogen and oxygen atoms in total. The van der Waals surface area contributed by atoms with Crippen LogP contribution in [0.1, 0.15) is 11.3 Å². The minimum Gasteiger partial charge on any atom is -0.311 e. The molecule has 0 spiro atoms. The van der Waals surface area contributed by atoms with Crippen LogP contribution in [-0.2, 0) is 0 Å². The Labute approximate surface area is 294 Å². The van der Waals surface area contributed by atoms with Gasteiger partial charge in [0.15, 0.2) is 0 Å². The number of fused-ring (bicyclic) bond motifs is 10. The third-order valence-corrected chi connectivity index (χ3v) is 10.2. The lowest BCUT2D eigenvalue weighted by Gasteiger charge is -2.15. The summed E-state index contributed by atoms with van der Waals surface area (Å²) in [6.07, 6.45) is 6.08. The Bertz CT molecular complexity index is 3050. The molecule has 0 fully saturated rings. The Hall–Kier alpha value is -6.78. The zero-order chi connectivity index (χ0) is 34.1. The van der Waals surface area contributed by atoms with Crippen molar-refractivity contribution in [1.82, 2.24) is 19.1 Å². The monoisotopic (exact) mass is 652 g/mol. The van der Waals surface area contributed by atoms with E-state index >= 15 is 0 Å². The average molecular weight is 653 g/mol. The number of hydrogen-bond donors (Lipinski definition) is 0. The Kier molecular flexibility index (Phi) is 6.52. The number of rotatable bonds is 5. The molecule has 4 heteroatoms. The molecular weight excluding hydrogens is 621 g/mol. The lowest BCUT2D eigenvalue weighted by Crippen LogP contribution is -2.05. The molecule has 10 rings (SSSR count). The highest BCUT2D eigenvalue weighted by Crippen LogP contribution is 2.46. The fourth-order valence-electron chi connectivity index (χ4n) is 8.06. The summed E-state index contributed by atoms with van der Waals surface area (Å²) in [4.78, 5) is 10.9.